The van der Waals surface area contributed by atoms with E-state index in [2.05, 4.69) is 11.4 Å². The van der Waals surface area contributed by atoms with Crippen LogP contribution in [-0.4, -0.2) is 12.2 Å². The number of nitriles is 1. The molecule has 6 heteroatoms. The van der Waals surface area contributed by atoms with Crippen molar-refractivity contribution in [2.75, 3.05) is 6.26 Å². The van der Waals surface area contributed by atoms with Crippen LogP contribution in [0.5, 0.6) is 0 Å². The number of nitrogens with one attached hydrogen (secondary N) is 1. The first-order chi connectivity index (χ1) is 9.08. The van der Waals surface area contributed by atoms with Gasteiger partial charge < -0.3 is 5.32 Å². The van der Waals surface area contributed by atoms with Crippen LogP contribution in [0.4, 0.5) is 0 Å². The maximum atomic E-state index is 11.7. The molecule has 98 valence electrons. The van der Waals surface area contributed by atoms with Crippen molar-refractivity contribution in [1.29, 1.82) is 5.26 Å². The molecule has 1 amide bonds. The second-order valence-corrected chi connectivity index (χ2v) is 5.61. The predicted octanol–water partition coefficient (Wildman–Crippen LogP) is 3.70. The molecule has 0 unspecified atom stereocenters. The number of thioether (sulfide) groups is 1. The molecule has 1 aliphatic rings. The molecule has 1 atom stereocenters. The summed E-state index contributed by atoms with van der Waals surface area (Å²) in [5.41, 5.74) is 1.24. The van der Waals surface area contributed by atoms with Crippen LogP contribution in [0.15, 0.2) is 28.8 Å². The van der Waals surface area contributed by atoms with Crippen molar-refractivity contribution in [3.63, 3.8) is 0 Å². The van der Waals surface area contributed by atoms with E-state index >= 15 is 0 Å². The standard InChI is InChI=1S/C13H10Cl2N2OS/c1-19-13-9(6-16)8(5-11(18)17-13)7-3-2-4-10(14)12(7)15/h2-4,8H,5H2,1H3,(H,17,18)/t8-/m1/s1. The van der Waals surface area contributed by atoms with Gasteiger partial charge in [0.2, 0.25) is 5.91 Å². The summed E-state index contributed by atoms with van der Waals surface area (Å²) in [6.07, 6.45) is 2.02. The molecule has 1 heterocycles. The maximum absolute atomic E-state index is 11.7. The zero-order valence-corrected chi connectivity index (χ0v) is 12.4. The number of hydrogen-bond acceptors (Lipinski definition) is 3. The van der Waals surface area contributed by atoms with E-state index in [1.807, 2.05) is 6.26 Å². The Hall–Kier alpha value is -1.15. The Kier molecular flexibility index (Phi) is 4.41. The van der Waals surface area contributed by atoms with Crippen LogP contribution >= 0.6 is 35.0 Å². The molecule has 0 bridgehead atoms. The van der Waals surface area contributed by atoms with Gasteiger partial charge in [-0.1, -0.05) is 35.3 Å². The largest absolute Gasteiger partial charge is 0.320 e. The van der Waals surface area contributed by atoms with E-state index in [0.29, 0.717) is 26.2 Å². The highest BCUT2D eigenvalue weighted by Crippen LogP contribution is 2.40. The van der Waals surface area contributed by atoms with Gasteiger partial charge >= 0.3 is 0 Å². The quantitative estimate of drug-likeness (QED) is 0.906. The number of carbonyl (C=O) groups is 1. The average Bonchev–Trinajstić information content (AvgIpc) is 2.40. The van der Waals surface area contributed by atoms with Crippen LogP contribution in [-0.2, 0) is 4.79 Å². The summed E-state index contributed by atoms with van der Waals surface area (Å²) in [5, 5.41) is 13.4. The van der Waals surface area contributed by atoms with Crippen LogP contribution in [0.25, 0.3) is 0 Å². The molecule has 0 aromatic heterocycles. The van der Waals surface area contributed by atoms with Gasteiger partial charge in [-0.05, 0) is 17.9 Å². The number of hydrogen-bond donors (Lipinski definition) is 1. The second-order valence-electron chi connectivity index (χ2n) is 4.01. The zero-order chi connectivity index (χ0) is 14.0. The van der Waals surface area contributed by atoms with Gasteiger partial charge in [0.25, 0.3) is 0 Å². The van der Waals surface area contributed by atoms with Gasteiger partial charge in [0.1, 0.15) is 0 Å². The van der Waals surface area contributed by atoms with E-state index in [-0.39, 0.29) is 18.2 Å². The summed E-state index contributed by atoms with van der Waals surface area (Å²) in [4.78, 5) is 11.7. The molecular formula is C13H10Cl2N2OS. The highest BCUT2D eigenvalue weighted by Gasteiger charge is 2.30. The molecule has 0 spiro atoms. The Labute approximate surface area is 125 Å². The number of rotatable bonds is 2. The molecule has 0 aliphatic carbocycles. The summed E-state index contributed by atoms with van der Waals surface area (Å²) in [7, 11) is 0. The number of allylic oxidation sites excluding steroid dienone is 1. The Bertz CT molecular complexity index is 607. The predicted molar refractivity (Wildman–Crippen MR) is 78.1 cm³/mol. The molecule has 2 rings (SSSR count). The topological polar surface area (TPSA) is 52.9 Å². The minimum Gasteiger partial charge on any atom is -0.320 e. The Balaban J connectivity index is 2.57. The number of carbonyl (C=O) groups excluding carboxylic acids is 1. The lowest BCUT2D eigenvalue weighted by Crippen LogP contribution is -2.30. The molecule has 3 nitrogen and oxygen atoms in total. The molecule has 1 aromatic rings. The fourth-order valence-electron chi connectivity index (χ4n) is 2.04. The highest BCUT2D eigenvalue weighted by molar-refractivity contribution is 8.02. The summed E-state index contributed by atoms with van der Waals surface area (Å²) >= 11 is 13.5. The number of amides is 1. The summed E-state index contributed by atoms with van der Waals surface area (Å²) < 4.78 is 0. The van der Waals surface area contributed by atoms with E-state index < -0.39 is 0 Å². The Morgan fingerprint density at radius 3 is 2.84 bits per heavy atom. The maximum Gasteiger partial charge on any atom is 0.225 e. The van der Waals surface area contributed by atoms with Crippen LogP contribution in [0.2, 0.25) is 10.0 Å². The van der Waals surface area contributed by atoms with Crippen molar-refractivity contribution in [2.24, 2.45) is 0 Å². The first kappa shape index (κ1) is 14.3. The summed E-state index contributed by atoms with van der Waals surface area (Å²) in [6, 6.07) is 7.41. The van der Waals surface area contributed by atoms with Gasteiger partial charge in [0, 0.05) is 12.3 Å². The molecule has 0 saturated carbocycles. The van der Waals surface area contributed by atoms with Crippen molar-refractivity contribution in [1.82, 2.24) is 5.32 Å². The van der Waals surface area contributed by atoms with Crippen LogP contribution in [0, 0.1) is 11.3 Å². The smallest absolute Gasteiger partial charge is 0.225 e. The van der Waals surface area contributed by atoms with Crippen LogP contribution < -0.4 is 5.32 Å². The van der Waals surface area contributed by atoms with E-state index in [1.165, 1.54) is 11.8 Å². The highest BCUT2D eigenvalue weighted by atomic mass is 35.5. The molecule has 1 aromatic carbocycles. The first-order valence-electron chi connectivity index (χ1n) is 5.50. The van der Waals surface area contributed by atoms with Gasteiger partial charge in [0.05, 0.1) is 26.7 Å². The van der Waals surface area contributed by atoms with Crippen LogP contribution in [0.3, 0.4) is 0 Å². The summed E-state index contributed by atoms with van der Waals surface area (Å²) in [6.45, 7) is 0. The van der Waals surface area contributed by atoms with Gasteiger partial charge in [0.15, 0.2) is 0 Å². The lowest BCUT2D eigenvalue weighted by Gasteiger charge is -2.25. The molecule has 0 radical (unpaired) electrons. The van der Waals surface area contributed by atoms with E-state index in [1.54, 1.807) is 18.2 Å². The monoisotopic (exact) mass is 312 g/mol. The van der Waals surface area contributed by atoms with Crippen molar-refractivity contribution in [2.45, 2.75) is 12.3 Å². The molecule has 0 fully saturated rings. The average molecular weight is 313 g/mol. The van der Waals surface area contributed by atoms with Crippen molar-refractivity contribution >= 4 is 40.9 Å². The fourth-order valence-corrected chi connectivity index (χ4v) is 3.10. The Morgan fingerprint density at radius 1 is 1.47 bits per heavy atom. The van der Waals surface area contributed by atoms with Gasteiger partial charge in [-0.3, -0.25) is 4.79 Å². The molecular weight excluding hydrogens is 303 g/mol. The van der Waals surface area contributed by atoms with Crippen molar-refractivity contribution < 1.29 is 4.79 Å². The zero-order valence-electron chi connectivity index (χ0n) is 10.0. The lowest BCUT2D eigenvalue weighted by molar-refractivity contribution is -0.120. The molecule has 19 heavy (non-hydrogen) atoms. The lowest BCUT2D eigenvalue weighted by atomic mass is 9.87. The minimum atomic E-state index is -0.340. The summed E-state index contributed by atoms with van der Waals surface area (Å²) in [5.74, 6) is -0.461. The molecule has 0 saturated heterocycles. The fraction of sp³-hybridized carbons (Fsp3) is 0.231. The normalized spacial score (nSPS) is 19.1. The number of benzene rings is 1. The number of halogens is 2. The van der Waals surface area contributed by atoms with Crippen molar-refractivity contribution in [3.05, 3.63) is 44.4 Å². The first-order valence-corrected chi connectivity index (χ1v) is 7.48. The molecule has 1 N–H and O–H groups in total. The van der Waals surface area contributed by atoms with E-state index in [4.69, 9.17) is 23.2 Å². The Morgan fingerprint density at radius 2 is 2.21 bits per heavy atom. The van der Waals surface area contributed by atoms with Crippen LogP contribution in [0.1, 0.15) is 17.9 Å². The van der Waals surface area contributed by atoms with Crippen molar-refractivity contribution in [3.8, 4) is 6.07 Å². The second kappa shape index (κ2) is 5.87. The number of nitrogens with zero attached hydrogens (tertiary/aromatic N) is 1. The third-order valence-electron chi connectivity index (χ3n) is 2.92. The van der Waals surface area contributed by atoms with E-state index in [9.17, 15) is 10.1 Å². The SMILES string of the molecule is CSC1=C(C#N)[C@@H](c2cccc(Cl)c2Cl)CC(=O)N1. The third-order valence-corrected chi connectivity index (χ3v) is 4.48. The van der Waals surface area contributed by atoms with Gasteiger partial charge in [-0.15, -0.1) is 11.8 Å². The van der Waals surface area contributed by atoms with Gasteiger partial charge in [-0.25, -0.2) is 0 Å². The minimum absolute atomic E-state index is 0.121. The van der Waals surface area contributed by atoms with E-state index in [0.717, 1.165) is 0 Å². The third kappa shape index (κ3) is 2.74. The molecule has 1 aliphatic heterocycles. The van der Waals surface area contributed by atoms with Gasteiger partial charge in [-0.2, -0.15) is 5.26 Å².